The van der Waals surface area contributed by atoms with Gasteiger partial charge in [0.05, 0.1) is 11.3 Å². The van der Waals surface area contributed by atoms with E-state index in [9.17, 15) is 4.79 Å². The molecule has 2 aromatic rings. The second-order valence-corrected chi connectivity index (χ2v) is 4.74. The van der Waals surface area contributed by atoms with Crippen LogP contribution in [0.3, 0.4) is 0 Å². The number of carboxylic acid groups (broad SMARTS) is 1. The van der Waals surface area contributed by atoms with Gasteiger partial charge in [0.25, 0.3) is 0 Å². The lowest BCUT2D eigenvalue weighted by Crippen LogP contribution is -2.08. The molecule has 0 bridgehead atoms. The van der Waals surface area contributed by atoms with E-state index in [-0.39, 0.29) is 5.56 Å². The maximum absolute atomic E-state index is 10.8. The average molecular weight is 270 g/mol. The summed E-state index contributed by atoms with van der Waals surface area (Å²) in [6.07, 6.45) is 5.68. The van der Waals surface area contributed by atoms with E-state index in [1.807, 2.05) is 0 Å². The Hall–Kier alpha value is -2.43. The van der Waals surface area contributed by atoms with Gasteiger partial charge in [-0.1, -0.05) is 0 Å². The number of benzene rings is 1. The van der Waals surface area contributed by atoms with Crippen molar-refractivity contribution in [2.24, 2.45) is 0 Å². The predicted octanol–water partition coefficient (Wildman–Crippen LogP) is 2.85. The van der Waals surface area contributed by atoms with Crippen LogP contribution in [0.1, 0.15) is 34.5 Å². The van der Waals surface area contributed by atoms with Crippen molar-refractivity contribution in [1.82, 2.24) is 9.97 Å². The summed E-state index contributed by atoms with van der Waals surface area (Å²) in [5.74, 6) is 0.218. The molecule has 1 N–H and O–H groups in total. The van der Waals surface area contributed by atoms with E-state index in [2.05, 4.69) is 9.97 Å². The van der Waals surface area contributed by atoms with Gasteiger partial charge in [0.1, 0.15) is 12.1 Å². The zero-order chi connectivity index (χ0) is 13.9. The molecule has 0 radical (unpaired) electrons. The molecule has 20 heavy (non-hydrogen) atoms. The van der Waals surface area contributed by atoms with Crippen LogP contribution in [0, 0.1) is 0 Å². The number of carboxylic acids is 1. The summed E-state index contributed by atoms with van der Waals surface area (Å²) in [7, 11) is 0. The number of hydrogen-bond donors (Lipinski definition) is 1. The smallest absolute Gasteiger partial charge is 0.335 e. The quantitative estimate of drug-likeness (QED) is 0.928. The first-order valence-electron chi connectivity index (χ1n) is 6.58. The van der Waals surface area contributed by atoms with Crippen molar-refractivity contribution in [1.29, 1.82) is 0 Å². The van der Waals surface area contributed by atoms with Crippen molar-refractivity contribution in [3.05, 3.63) is 47.4 Å². The SMILES string of the molecule is O=C(O)c1ccc(Oc2ncnc3c2CCCC3)cc1. The first-order chi connectivity index (χ1) is 9.74. The monoisotopic (exact) mass is 270 g/mol. The van der Waals surface area contributed by atoms with Gasteiger partial charge in [-0.2, -0.15) is 0 Å². The van der Waals surface area contributed by atoms with Crippen LogP contribution in [0.25, 0.3) is 0 Å². The molecule has 0 aliphatic heterocycles. The van der Waals surface area contributed by atoms with Gasteiger partial charge in [-0.25, -0.2) is 14.8 Å². The van der Waals surface area contributed by atoms with Crippen LogP contribution in [0.2, 0.25) is 0 Å². The Morgan fingerprint density at radius 3 is 2.60 bits per heavy atom. The van der Waals surface area contributed by atoms with E-state index in [1.165, 1.54) is 18.5 Å². The maximum atomic E-state index is 10.8. The van der Waals surface area contributed by atoms with Crippen LogP contribution >= 0.6 is 0 Å². The fourth-order valence-electron chi connectivity index (χ4n) is 2.36. The first-order valence-corrected chi connectivity index (χ1v) is 6.58. The van der Waals surface area contributed by atoms with Gasteiger partial charge in [0.2, 0.25) is 5.88 Å². The standard InChI is InChI=1S/C15H14N2O3/c18-15(19)10-5-7-11(8-6-10)20-14-12-3-1-2-4-13(12)16-9-17-14/h5-9H,1-4H2,(H,18,19). The van der Waals surface area contributed by atoms with E-state index < -0.39 is 5.97 Å². The van der Waals surface area contributed by atoms with E-state index in [4.69, 9.17) is 9.84 Å². The van der Waals surface area contributed by atoms with Crippen molar-refractivity contribution in [3.63, 3.8) is 0 Å². The van der Waals surface area contributed by atoms with Gasteiger partial charge in [0.15, 0.2) is 0 Å². The number of rotatable bonds is 3. The lowest BCUT2D eigenvalue weighted by molar-refractivity contribution is 0.0697. The van der Waals surface area contributed by atoms with Crippen LogP contribution in [0.4, 0.5) is 0 Å². The Kier molecular flexibility index (Phi) is 3.33. The van der Waals surface area contributed by atoms with Crippen molar-refractivity contribution >= 4 is 5.97 Å². The van der Waals surface area contributed by atoms with Gasteiger partial charge in [0, 0.05) is 5.56 Å². The van der Waals surface area contributed by atoms with Crippen LogP contribution < -0.4 is 4.74 Å². The highest BCUT2D eigenvalue weighted by Crippen LogP contribution is 2.29. The zero-order valence-corrected chi connectivity index (χ0v) is 10.9. The van der Waals surface area contributed by atoms with Crippen LogP contribution in [0.15, 0.2) is 30.6 Å². The Labute approximate surface area is 116 Å². The number of aromatic nitrogens is 2. The average Bonchev–Trinajstić information content (AvgIpc) is 2.48. The molecular formula is C15H14N2O3. The summed E-state index contributed by atoms with van der Waals surface area (Å²) in [6.45, 7) is 0. The Morgan fingerprint density at radius 1 is 1.10 bits per heavy atom. The maximum Gasteiger partial charge on any atom is 0.335 e. The van der Waals surface area contributed by atoms with E-state index in [0.29, 0.717) is 11.6 Å². The summed E-state index contributed by atoms with van der Waals surface area (Å²) in [6, 6.07) is 6.32. The number of aromatic carboxylic acids is 1. The number of fused-ring (bicyclic) bond motifs is 1. The number of carbonyl (C=O) groups is 1. The molecule has 5 nitrogen and oxygen atoms in total. The Bertz CT molecular complexity index is 638. The topological polar surface area (TPSA) is 72.3 Å². The van der Waals surface area contributed by atoms with Gasteiger partial charge in [-0.05, 0) is 49.9 Å². The van der Waals surface area contributed by atoms with Crippen LogP contribution in [0.5, 0.6) is 11.6 Å². The summed E-state index contributed by atoms with van der Waals surface area (Å²) in [4.78, 5) is 19.3. The highest BCUT2D eigenvalue weighted by Gasteiger charge is 2.17. The fourth-order valence-corrected chi connectivity index (χ4v) is 2.36. The molecule has 1 aromatic carbocycles. The first kappa shape index (κ1) is 12.6. The molecule has 1 aliphatic rings. The number of aryl methyl sites for hydroxylation is 1. The largest absolute Gasteiger partial charge is 0.478 e. The number of nitrogens with zero attached hydrogens (tertiary/aromatic N) is 2. The molecule has 102 valence electrons. The third-order valence-corrected chi connectivity index (χ3v) is 3.40. The summed E-state index contributed by atoms with van der Waals surface area (Å²) < 4.78 is 5.77. The molecule has 0 saturated carbocycles. The molecule has 0 spiro atoms. The third-order valence-electron chi connectivity index (χ3n) is 3.40. The van der Waals surface area contributed by atoms with Crippen LogP contribution in [-0.2, 0) is 12.8 Å². The summed E-state index contributed by atoms with van der Waals surface area (Å²) in [5.41, 5.74) is 2.37. The minimum absolute atomic E-state index is 0.238. The van der Waals surface area contributed by atoms with E-state index in [1.54, 1.807) is 12.1 Å². The fraction of sp³-hybridized carbons (Fsp3) is 0.267. The van der Waals surface area contributed by atoms with Crippen molar-refractivity contribution in [2.75, 3.05) is 0 Å². The molecule has 3 rings (SSSR count). The summed E-state index contributed by atoms with van der Waals surface area (Å²) in [5, 5.41) is 8.86. The van der Waals surface area contributed by atoms with E-state index >= 15 is 0 Å². The molecule has 1 aromatic heterocycles. The molecule has 1 aliphatic carbocycles. The van der Waals surface area contributed by atoms with Gasteiger partial charge >= 0.3 is 5.97 Å². The second kappa shape index (κ2) is 5.28. The molecule has 0 saturated heterocycles. The highest BCUT2D eigenvalue weighted by atomic mass is 16.5. The van der Waals surface area contributed by atoms with Crippen molar-refractivity contribution in [2.45, 2.75) is 25.7 Å². The van der Waals surface area contributed by atoms with E-state index in [0.717, 1.165) is 36.9 Å². The van der Waals surface area contributed by atoms with Gasteiger partial charge in [-0.3, -0.25) is 0 Å². The number of hydrogen-bond acceptors (Lipinski definition) is 4. The Balaban J connectivity index is 1.86. The molecule has 0 unspecified atom stereocenters. The van der Waals surface area contributed by atoms with Gasteiger partial charge in [-0.15, -0.1) is 0 Å². The second-order valence-electron chi connectivity index (χ2n) is 4.74. The molecule has 0 atom stereocenters. The van der Waals surface area contributed by atoms with Crippen molar-refractivity contribution in [3.8, 4) is 11.6 Å². The summed E-state index contributed by atoms with van der Waals surface area (Å²) >= 11 is 0. The molecule has 1 heterocycles. The molecule has 0 fully saturated rings. The lowest BCUT2D eigenvalue weighted by Gasteiger charge is -2.17. The van der Waals surface area contributed by atoms with Crippen molar-refractivity contribution < 1.29 is 14.6 Å². The normalized spacial score (nSPS) is 13.6. The molecular weight excluding hydrogens is 256 g/mol. The zero-order valence-electron chi connectivity index (χ0n) is 10.9. The molecule has 0 amide bonds. The minimum atomic E-state index is -0.948. The van der Waals surface area contributed by atoms with Gasteiger partial charge < -0.3 is 9.84 Å². The minimum Gasteiger partial charge on any atom is -0.478 e. The number of ether oxygens (including phenoxy) is 1. The van der Waals surface area contributed by atoms with Crippen LogP contribution in [-0.4, -0.2) is 21.0 Å². The lowest BCUT2D eigenvalue weighted by atomic mass is 9.97. The third kappa shape index (κ3) is 2.47. The predicted molar refractivity (Wildman–Crippen MR) is 72.1 cm³/mol. The highest BCUT2D eigenvalue weighted by molar-refractivity contribution is 5.87. The molecule has 5 heteroatoms. The Morgan fingerprint density at radius 2 is 1.85 bits per heavy atom.